The summed E-state index contributed by atoms with van der Waals surface area (Å²) in [4.78, 5) is 1.18. The summed E-state index contributed by atoms with van der Waals surface area (Å²) >= 11 is 7.79. The summed E-state index contributed by atoms with van der Waals surface area (Å²) in [5.74, 6) is 5.60. The largest absolute Gasteiger partial charge is 0.271 e. The molecule has 1 heterocycles. The van der Waals surface area contributed by atoms with Crippen LogP contribution in [0.5, 0.6) is 0 Å². The lowest BCUT2D eigenvalue weighted by molar-refractivity contribution is 0.646. The van der Waals surface area contributed by atoms with E-state index in [0.717, 1.165) is 16.1 Å². The molecule has 4 heteroatoms. The van der Waals surface area contributed by atoms with Crippen LogP contribution in [-0.4, -0.2) is 0 Å². The first-order chi connectivity index (χ1) is 7.72. The zero-order chi connectivity index (χ0) is 11.5. The second-order valence-electron chi connectivity index (χ2n) is 3.62. The second-order valence-corrected chi connectivity index (χ2v) is 5.01. The first-order valence-corrected chi connectivity index (χ1v) is 6.23. The van der Waals surface area contributed by atoms with Gasteiger partial charge in [-0.25, -0.2) is 5.43 Å². The Kier molecular flexibility index (Phi) is 3.61. The molecule has 1 unspecified atom stereocenters. The standard InChI is InChI=1S/C12H13ClN2S/c1-8-4-5-9(7-10(8)13)12(15-14)11-3-2-6-16-11/h2-7,12,15H,14H2,1H3. The summed E-state index contributed by atoms with van der Waals surface area (Å²) in [6.07, 6.45) is 0. The van der Waals surface area contributed by atoms with Crippen LogP contribution >= 0.6 is 22.9 Å². The number of benzene rings is 1. The molecule has 1 atom stereocenters. The third-order valence-electron chi connectivity index (χ3n) is 2.52. The molecular formula is C12H13ClN2S. The molecule has 0 saturated carbocycles. The highest BCUT2D eigenvalue weighted by Crippen LogP contribution is 2.28. The molecule has 0 spiro atoms. The van der Waals surface area contributed by atoms with Gasteiger partial charge in [-0.05, 0) is 35.6 Å². The second kappa shape index (κ2) is 4.97. The molecule has 2 aromatic rings. The van der Waals surface area contributed by atoms with Crippen molar-refractivity contribution in [2.75, 3.05) is 0 Å². The Bertz CT molecular complexity index is 468. The number of hydrogen-bond donors (Lipinski definition) is 2. The van der Waals surface area contributed by atoms with E-state index in [-0.39, 0.29) is 6.04 Å². The van der Waals surface area contributed by atoms with Crippen LogP contribution < -0.4 is 11.3 Å². The number of halogens is 1. The number of hydrazine groups is 1. The minimum Gasteiger partial charge on any atom is -0.271 e. The molecule has 0 aliphatic heterocycles. The fourth-order valence-electron chi connectivity index (χ4n) is 1.59. The molecule has 0 aliphatic carbocycles. The van der Waals surface area contributed by atoms with Gasteiger partial charge in [0.2, 0.25) is 0 Å². The molecule has 0 aliphatic rings. The predicted octanol–water partition coefficient (Wildman–Crippen LogP) is 3.26. The van der Waals surface area contributed by atoms with E-state index >= 15 is 0 Å². The van der Waals surface area contributed by atoms with Crippen molar-refractivity contribution in [2.45, 2.75) is 13.0 Å². The van der Waals surface area contributed by atoms with Gasteiger partial charge >= 0.3 is 0 Å². The Labute approximate surface area is 104 Å². The Morgan fingerprint density at radius 2 is 2.19 bits per heavy atom. The zero-order valence-electron chi connectivity index (χ0n) is 8.91. The third-order valence-corrected chi connectivity index (χ3v) is 3.87. The van der Waals surface area contributed by atoms with Crippen LogP contribution in [0, 0.1) is 6.92 Å². The maximum Gasteiger partial charge on any atom is 0.0803 e. The average molecular weight is 253 g/mol. The molecule has 0 radical (unpaired) electrons. The van der Waals surface area contributed by atoms with Gasteiger partial charge in [0.05, 0.1) is 6.04 Å². The molecule has 84 valence electrons. The Balaban J connectivity index is 2.37. The van der Waals surface area contributed by atoms with E-state index in [2.05, 4.69) is 11.5 Å². The van der Waals surface area contributed by atoms with Crippen LogP contribution in [0.1, 0.15) is 22.0 Å². The molecular weight excluding hydrogens is 240 g/mol. The maximum atomic E-state index is 6.11. The first kappa shape index (κ1) is 11.6. The van der Waals surface area contributed by atoms with Crippen molar-refractivity contribution in [3.05, 3.63) is 56.7 Å². The molecule has 16 heavy (non-hydrogen) atoms. The minimum absolute atomic E-state index is 0.0121. The molecule has 1 aromatic heterocycles. The highest BCUT2D eigenvalue weighted by Gasteiger charge is 2.13. The van der Waals surface area contributed by atoms with Crippen molar-refractivity contribution in [3.63, 3.8) is 0 Å². The summed E-state index contributed by atoms with van der Waals surface area (Å²) in [7, 11) is 0. The number of rotatable bonds is 3. The molecule has 0 saturated heterocycles. The highest BCUT2D eigenvalue weighted by molar-refractivity contribution is 7.10. The SMILES string of the molecule is Cc1ccc(C(NN)c2cccs2)cc1Cl. The number of nitrogens with two attached hydrogens (primary N) is 1. The van der Waals surface area contributed by atoms with Crippen LogP contribution in [-0.2, 0) is 0 Å². The van der Waals surface area contributed by atoms with E-state index in [4.69, 9.17) is 17.4 Å². The first-order valence-electron chi connectivity index (χ1n) is 4.98. The normalized spacial score (nSPS) is 12.7. The van der Waals surface area contributed by atoms with E-state index in [1.54, 1.807) is 11.3 Å². The number of aryl methyl sites for hydroxylation is 1. The van der Waals surface area contributed by atoms with Crippen LogP contribution in [0.3, 0.4) is 0 Å². The van der Waals surface area contributed by atoms with Crippen molar-refractivity contribution >= 4 is 22.9 Å². The summed E-state index contributed by atoms with van der Waals surface area (Å²) < 4.78 is 0. The summed E-state index contributed by atoms with van der Waals surface area (Å²) in [5, 5.41) is 2.81. The van der Waals surface area contributed by atoms with Crippen LogP contribution in [0.4, 0.5) is 0 Å². The van der Waals surface area contributed by atoms with Gasteiger partial charge in [0.15, 0.2) is 0 Å². The Morgan fingerprint density at radius 3 is 2.75 bits per heavy atom. The van der Waals surface area contributed by atoms with Gasteiger partial charge < -0.3 is 0 Å². The van der Waals surface area contributed by atoms with E-state index in [1.165, 1.54) is 4.88 Å². The summed E-state index contributed by atoms with van der Waals surface area (Å²) in [6, 6.07) is 10.1. The maximum absolute atomic E-state index is 6.11. The average Bonchev–Trinajstić information content (AvgIpc) is 2.78. The number of thiophene rings is 1. The van der Waals surface area contributed by atoms with Crippen LogP contribution in [0.15, 0.2) is 35.7 Å². The van der Waals surface area contributed by atoms with E-state index in [9.17, 15) is 0 Å². The summed E-state index contributed by atoms with van der Waals surface area (Å²) in [5.41, 5.74) is 4.98. The van der Waals surface area contributed by atoms with Gasteiger partial charge in [0, 0.05) is 9.90 Å². The highest BCUT2D eigenvalue weighted by atomic mass is 35.5. The molecule has 2 rings (SSSR count). The van der Waals surface area contributed by atoms with E-state index in [1.807, 2.05) is 36.6 Å². The molecule has 2 nitrogen and oxygen atoms in total. The quantitative estimate of drug-likeness (QED) is 0.650. The Morgan fingerprint density at radius 1 is 1.38 bits per heavy atom. The van der Waals surface area contributed by atoms with Gasteiger partial charge in [-0.1, -0.05) is 29.8 Å². The van der Waals surface area contributed by atoms with Crippen molar-refractivity contribution in [1.82, 2.24) is 5.43 Å². The third kappa shape index (κ3) is 2.28. The van der Waals surface area contributed by atoms with Gasteiger partial charge in [-0.15, -0.1) is 11.3 Å². The topological polar surface area (TPSA) is 38.0 Å². The smallest absolute Gasteiger partial charge is 0.0803 e. The van der Waals surface area contributed by atoms with Gasteiger partial charge in [-0.2, -0.15) is 0 Å². The molecule has 1 aromatic carbocycles. The van der Waals surface area contributed by atoms with Crippen molar-refractivity contribution in [1.29, 1.82) is 0 Å². The monoisotopic (exact) mass is 252 g/mol. The minimum atomic E-state index is 0.0121. The molecule has 0 bridgehead atoms. The zero-order valence-corrected chi connectivity index (χ0v) is 10.5. The number of hydrogen-bond acceptors (Lipinski definition) is 3. The lowest BCUT2D eigenvalue weighted by Gasteiger charge is -2.15. The Hall–Kier alpha value is -0.870. The predicted molar refractivity (Wildman–Crippen MR) is 69.7 cm³/mol. The van der Waals surface area contributed by atoms with Crippen molar-refractivity contribution in [2.24, 2.45) is 5.84 Å². The van der Waals surface area contributed by atoms with Crippen molar-refractivity contribution in [3.8, 4) is 0 Å². The van der Waals surface area contributed by atoms with Gasteiger partial charge in [0.1, 0.15) is 0 Å². The lowest BCUT2D eigenvalue weighted by atomic mass is 10.0. The van der Waals surface area contributed by atoms with Gasteiger partial charge in [-0.3, -0.25) is 5.84 Å². The van der Waals surface area contributed by atoms with E-state index in [0.29, 0.717) is 0 Å². The lowest BCUT2D eigenvalue weighted by Crippen LogP contribution is -2.28. The molecule has 0 amide bonds. The summed E-state index contributed by atoms with van der Waals surface area (Å²) in [6.45, 7) is 1.99. The molecule has 0 fully saturated rings. The fraction of sp³-hybridized carbons (Fsp3) is 0.167. The fourth-order valence-corrected chi connectivity index (χ4v) is 2.59. The van der Waals surface area contributed by atoms with Crippen molar-refractivity contribution < 1.29 is 0 Å². The molecule has 3 N–H and O–H groups in total. The van der Waals surface area contributed by atoms with Gasteiger partial charge in [0.25, 0.3) is 0 Å². The van der Waals surface area contributed by atoms with Crippen LogP contribution in [0.2, 0.25) is 5.02 Å². The van der Waals surface area contributed by atoms with E-state index < -0.39 is 0 Å². The van der Waals surface area contributed by atoms with Crippen LogP contribution in [0.25, 0.3) is 0 Å². The number of nitrogens with one attached hydrogen (secondary N) is 1.